The van der Waals surface area contributed by atoms with Crippen LogP contribution in [0.15, 0.2) is 18.5 Å². The second-order valence-corrected chi connectivity index (χ2v) is 6.16. The summed E-state index contributed by atoms with van der Waals surface area (Å²) in [5, 5.41) is 0. The molecule has 1 saturated heterocycles. The molecule has 2 aliphatic rings. The first-order chi connectivity index (χ1) is 9.81. The van der Waals surface area contributed by atoms with Crippen LogP contribution in [0.1, 0.15) is 38.5 Å². The number of ether oxygens (including phenoxy) is 1. The molecule has 1 aromatic rings. The van der Waals surface area contributed by atoms with E-state index < -0.39 is 0 Å². The Labute approximate surface area is 121 Å². The number of hydrogen-bond acceptors (Lipinski definition) is 4. The Morgan fingerprint density at radius 3 is 2.65 bits per heavy atom. The highest BCUT2D eigenvalue weighted by atomic mass is 16.5. The average Bonchev–Trinajstić information content (AvgIpc) is 3.00. The predicted octanol–water partition coefficient (Wildman–Crippen LogP) is 2.58. The molecular weight excluding hydrogens is 250 g/mol. The molecule has 1 aliphatic carbocycles. The molecule has 4 heteroatoms. The quantitative estimate of drug-likeness (QED) is 0.917. The van der Waals surface area contributed by atoms with Crippen LogP contribution in [-0.2, 0) is 0 Å². The summed E-state index contributed by atoms with van der Waals surface area (Å²) < 4.78 is 5.93. The number of nitrogens with two attached hydrogens (primary N) is 1. The minimum absolute atomic E-state index is 0.362. The van der Waals surface area contributed by atoms with E-state index in [1.54, 1.807) is 0 Å². The number of anilines is 1. The molecule has 0 atom stereocenters. The lowest BCUT2D eigenvalue weighted by atomic mass is 10.1. The van der Waals surface area contributed by atoms with Crippen LogP contribution >= 0.6 is 0 Å². The highest BCUT2D eigenvalue weighted by Gasteiger charge is 2.18. The predicted molar refractivity (Wildman–Crippen MR) is 81.1 cm³/mol. The molecule has 0 unspecified atom stereocenters. The maximum atomic E-state index is 5.96. The zero-order valence-corrected chi connectivity index (χ0v) is 12.1. The summed E-state index contributed by atoms with van der Waals surface area (Å²) in [5.41, 5.74) is 7.12. The van der Waals surface area contributed by atoms with Crippen LogP contribution < -0.4 is 15.4 Å². The molecule has 2 fully saturated rings. The van der Waals surface area contributed by atoms with Gasteiger partial charge in [0.2, 0.25) is 0 Å². The molecule has 1 aliphatic heterocycles. The van der Waals surface area contributed by atoms with Crippen LogP contribution in [0.3, 0.4) is 0 Å². The van der Waals surface area contributed by atoms with Crippen LogP contribution in [0.2, 0.25) is 0 Å². The van der Waals surface area contributed by atoms with Crippen molar-refractivity contribution in [1.82, 2.24) is 4.98 Å². The van der Waals surface area contributed by atoms with Gasteiger partial charge < -0.3 is 15.4 Å². The molecule has 0 amide bonds. The van der Waals surface area contributed by atoms with E-state index in [1.165, 1.54) is 31.4 Å². The Balaban J connectivity index is 1.57. The smallest absolute Gasteiger partial charge is 0.139 e. The summed E-state index contributed by atoms with van der Waals surface area (Å²) in [7, 11) is 0. The molecule has 0 spiro atoms. The van der Waals surface area contributed by atoms with Crippen molar-refractivity contribution in [2.75, 3.05) is 24.6 Å². The SMILES string of the molecule is NC1CCN(c2cncc(OCC3CCCC3)c2)CC1. The van der Waals surface area contributed by atoms with Gasteiger partial charge in [0.1, 0.15) is 5.75 Å². The largest absolute Gasteiger partial charge is 0.492 e. The summed E-state index contributed by atoms with van der Waals surface area (Å²) in [6.07, 6.45) is 11.2. The van der Waals surface area contributed by atoms with Gasteiger partial charge in [0, 0.05) is 25.2 Å². The number of nitrogens with zero attached hydrogens (tertiary/aromatic N) is 2. The van der Waals surface area contributed by atoms with E-state index in [-0.39, 0.29) is 0 Å². The van der Waals surface area contributed by atoms with Crippen LogP contribution in [0.25, 0.3) is 0 Å². The molecule has 0 radical (unpaired) electrons. The van der Waals surface area contributed by atoms with E-state index in [0.717, 1.165) is 44.2 Å². The van der Waals surface area contributed by atoms with Gasteiger partial charge in [-0.15, -0.1) is 0 Å². The molecule has 1 aromatic heterocycles. The third-order valence-electron chi connectivity index (χ3n) is 4.56. The van der Waals surface area contributed by atoms with E-state index >= 15 is 0 Å². The number of rotatable bonds is 4. The summed E-state index contributed by atoms with van der Waals surface area (Å²) in [6, 6.07) is 2.49. The number of pyridine rings is 1. The van der Waals surface area contributed by atoms with E-state index in [1.807, 2.05) is 12.4 Å². The van der Waals surface area contributed by atoms with Gasteiger partial charge in [-0.05, 0) is 31.6 Å². The van der Waals surface area contributed by atoms with Gasteiger partial charge >= 0.3 is 0 Å². The molecular formula is C16H25N3O. The fourth-order valence-electron chi connectivity index (χ4n) is 3.21. The van der Waals surface area contributed by atoms with Crippen molar-refractivity contribution in [1.29, 1.82) is 0 Å². The zero-order chi connectivity index (χ0) is 13.8. The Morgan fingerprint density at radius 2 is 1.90 bits per heavy atom. The Bertz CT molecular complexity index is 423. The Kier molecular flexibility index (Phi) is 4.41. The highest BCUT2D eigenvalue weighted by Crippen LogP contribution is 2.27. The van der Waals surface area contributed by atoms with Crippen molar-refractivity contribution in [2.45, 2.75) is 44.6 Å². The monoisotopic (exact) mass is 275 g/mol. The van der Waals surface area contributed by atoms with E-state index in [2.05, 4.69) is 16.0 Å². The lowest BCUT2D eigenvalue weighted by Gasteiger charge is -2.31. The third-order valence-corrected chi connectivity index (χ3v) is 4.56. The topological polar surface area (TPSA) is 51.4 Å². The first-order valence-electron chi connectivity index (χ1n) is 7.89. The summed E-state index contributed by atoms with van der Waals surface area (Å²) in [5.74, 6) is 1.65. The van der Waals surface area contributed by atoms with Gasteiger partial charge in [-0.1, -0.05) is 12.8 Å². The van der Waals surface area contributed by atoms with Gasteiger partial charge in [-0.25, -0.2) is 0 Å². The molecule has 0 aromatic carbocycles. The minimum atomic E-state index is 0.362. The minimum Gasteiger partial charge on any atom is -0.492 e. The second kappa shape index (κ2) is 6.44. The van der Waals surface area contributed by atoms with Crippen molar-refractivity contribution < 1.29 is 4.74 Å². The highest BCUT2D eigenvalue weighted by molar-refractivity contribution is 5.48. The van der Waals surface area contributed by atoms with E-state index in [0.29, 0.717) is 6.04 Å². The summed E-state index contributed by atoms with van der Waals surface area (Å²) >= 11 is 0. The molecule has 2 heterocycles. The lowest BCUT2D eigenvalue weighted by Crippen LogP contribution is -2.39. The molecule has 20 heavy (non-hydrogen) atoms. The number of hydrogen-bond donors (Lipinski definition) is 1. The summed E-state index contributed by atoms with van der Waals surface area (Å²) in [4.78, 5) is 6.69. The van der Waals surface area contributed by atoms with Crippen LogP contribution in [0.4, 0.5) is 5.69 Å². The molecule has 1 saturated carbocycles. The van der Waals surface area contributed by atoms with Crippen molar-refractivity contribution in [3.63, 3.8) is 0 Å². The van der Waals surface area contributed by atoms with Gasteiger partial charge in [0.15, 0.2) is 0 Å². The van der Waals surface area contributed by atoms with Crippen molar-refractivity contribution in [3.8, 4) is 5.75 Å². The van der Waals surface area contributed by atoms with Crippen molar-refractivity contribution in [2.24, 2.45) is 11.7 Å². The number of aromatic nitrogens is 1. The molecule has 2 N–H and O–H groups in total. The van der Waals surface area contributed by atoms with Gasteiger partial charge in [-0.2, -0.15) is 0 Å². The molecule has 4 nitrogen and oxygen atoms in total. The lowest BCUT2D eigenvalue weighted by molar-refractivity contribution is 0.251. The van der Waals surface area contributed by atoms with Crippen molar-refractivity contribution >= 4 is 5.69 Å². The second-order valence-electron chi connectivity index (χ2n) is 6.16. The fourth-order valence-corrected chi connectivity index (χ4v) is 3.21. The molecule has 3 rings (SSSR count). The Hall–Kier alpha value is -1.29. The molecule has 110 valence electrons. The number of piperidine rings is 1. The van der Waals surface area contributed by atoms with Crippen molar-refractivity contribution in [3.05, 3.63) is 18.5 Å². The van der Waals surface area contributed by atoms with Crippen LogP contribution in [-0.4, -0.2) is 30.7 Å². The average molecular weight is 275 g/mol. The van der Waals surface area contributed by atoms with Gasteiger partial charge in [0.25, 0.3) is 0 Å². The van der Waals surface area contributed by atoms with Crippen LogP contribution in [0.5, 0.6) is 5.75 Å². The maximum absolute atomic E-state index is 5.96. The standard InChI is InChI=1S/C16H25N3O/c17-14-5-7-19(8-6-14)15-9-16(11-18-10-15)20-12-13-3-1-2-4-13/h9-11,13-14H,1-8,12,17H2. The summed E-state index contributed by atoms with van der Waals surface area (Å²) in [6.45, 7) is 2.89. The fraction of sp³-hybridized carbons (Fsp3) is 0.688. The zero-order valence-electron chi connectivity index (χ0n) is 12.1. The van der Waals surface area contributed by atoms with E-state index in [9.17, 15) is 0 Å². The van der Waals surface area contributed by atoms with E-state index in [4.69, 9.17) is 10.5 Å². The van der Waals surface area contributed by atoms with Gasteiger partial charge in [0.05, 0.1) is 24.7 Å². The third kappa shape index (κ3) is 3.42. The normalized spacial score (nSPS) is 21.4. The first-order valence-corrected chi connectivity index (χ1v) is 7.89. The molecule has 0 bridgehead atoms. The maximum Gasteiger partial charge on any atom is 0.139 e. The first kappa shape index (κ1) is 13.7. The van der Waals surface area contributed by atoms with Gasteiger partial charge in [-0.3, -0.25) is 4.98 Å². The van der Waals surface area contributed by atoms with Crippen LogP contribution in [0, 0.1) is 5.92 Å². The Morgan fingerprint density at radius 1 is 1.15 bits per heavy atom.